The van der Waals surface area contributed by atoms with E-state index in [2.05, 4.69) is 21.9 Å². The van der Waals surface area contributed by atoms with E-state index >= 15 is 4.79 Å². The summed E-state index contributed by atoms with van der Waals surface area (Å²) in [5.41, 5.74) is -0.328. The van der Waals surface area contributed by atoms with Crippen LogP contribution >= 0.6 is 11.8 Å². The van der Waals surface area contributed by atoms with E-state index < -0.39 is 68.7 Å². The van der Waals surface area contributed by atoms with E-state index in [-0.39, 0.29) is 37.3 Å². The first kappa shape index (κ1) is 43.8. The first-order chi connectivity index (χ1) is 29.7. The van der Waals surface area contributed by atoms with Gasteiger partial charge in [0.15, 0.2) is 0 Å². The fourth-order valence-corrected chi connectivity index (χ4v) is 11.5. The molecule has 3 N–H and O–H groups in total. The van der Waals surface area contributed by atoms with Crippen LogP contribution in [0.3, 0.4) is 0 Å². The highest BCUT2D eigenvalue weighted by atomic mass is 32.2. The van der Waals surface area contributed by atoms with Gasteiger partial charge in [0.1, 0.15) is 40.3 Å². The van der Waals surface area contributed by atoms with E-state index in [0.29, 0.717) is 54.1 Å². The average molecular weight is 888 g/mol. The number of nitrogens with one attached hydrogen (secondary N) is 3. The number of aromatic nitrogens is 1. The van der Waals surface area contributed by atoms with Crippen molar-refractivity contribution in [2.75, 3.05) is 20.3 Å². The molecule has 0 spiro atoms. The lowest BCUT2D eigenvalue weighted by atomic mass is 9.83. The van der Waals surface area contributed by atoms with Crippen LogP contribution in [0.2, 0.25) is 0 Å². The second kappa shape index (κ2) is 17.7. The van der Waals surface area contributed by atoms with Crippen molar-refractivity contribution >= 4 is 56.5 Å². The second-order valence-electron chi connectivity index (χ2n) is 18.3. The third kappa shape index (κ3) is 9.55. The highest BCUT2D eigenvalue weighted by Gasteiger charge is 2.62. The Morgan fingerprint density at radius 1 is 1.05 bits per heavy atom. The first-order valence-corrected chi connectivity index (χ1v) is 24.2. The van der Waals surface area contributed by atoms with Crippen LogP contribution in [0.15, 0.2) is 71.1 Å². The van der Waals surface area contributed by atoms with Crippen LogP contribution in [-0.4, -0.2) is 91.4 Å². The number of hydrogen-bond donors (Lipinski definition) is 3. The number of amides is 4. The number of benzene rings is 2. The fraction of sp³-hybridized carbons (Fsp3) is 0.543. The number of rotatable bonds is 10. The predicted octanol–water partition coefficient (Wildman–Crippen LogP) is 6.45. The zero-order chi connectivity index (χ0) is 43.8. The molecule has 8 rings (SSSR count). The average Bonchev–Trinajstić information content (AvgIpc) is 4.19. The van der Waals surface area contributed by atoms with Crippen molar-refractivity contribution in [2.45, 2.75) is 130 Å². The van der Waals surface area contributed by atoms with Gasteiger partial charge >= 0.3 is 6.09 Å². The Morgan fingerprint density at radius 2 is 1.81 bits per heavy atom. The number of cyclic esters (lactones) is 1. The van der Waals surface area contributed by atoms with Crippen LogP contribution in [0.4, 0.5) is 4.79 Å². The van der Waals surface area contributed by atoms with Crippen molar-refractivity contribution in [3.63, 3.8) is 0 Å². The van der Waals surface area contributed by atoms with Gasteiger partial charge in [-0.25, -0.2) is 18.2 Å². The Labute approximate surface area is 367 Å². The summed E-state index contributed by atoms with van der Waals surface area (Å²) in [6.07, 6.45) is 7.68. The number of methoxy groups -OCH3 is 1. The van der Waals surface area contributed by atoms with E-state index in [1.54, 1.807) is 7.11 Å². The molecule has 2 aromatic carbocycles. The van der Waals surface area contributed by atoms with Crippen molar-refractivity contribution < 1.29 is 41.8 Å². The van der Waals surface area contributed by atoms with Gasteiger partial charge in [-0.1, -0.05) is 69.1 Å². The smallest absolute Gasteiger partial charge is 0.407 e. The van der Waals surface area contributed by atoms with Crippen LogP contribution in [-0.2, 0) is 35.6 Å². The maximum absolute atomic E-state index is 15.1. The molecule has 0 unspecified atom stereocenters. The van der Waals surface area contributed by atoms with Crippen molar-refractivity contribution in [3.05, 3.63) is 66.7 Å². The topological polar surface area (TPSA) is 182 Å². The summed E-state index contributed by atoms with van der Waals surface area (Å²) in [5, 5.41) is 6.59. The molecule has 4 amide bonds. The fourth-order valence-electron chi connectivity index (χ4n) is 9.25. The van der Waals surface area contributed by atoms with Crippen LogP contribution < -0.4 is 24.8 Å². The number of pyridine rings is 1. The Balaban J connectivity index is 1.18. The summed E-state index contributed by atoms with van der Waals surface area (Å²) in [7, 11) is -2.28. The van der Waals surface area contributed by atoms with Gasteiger partial charge in [0.25, 0.3) is 5.91 Å². The van der Waals surface area contributed by atoms with Gasteiger partial charge in [0.2, 0.25) is 21.8 Å². The van der Waals surface area contributed by atoms with E-state index in [1.807, 2.05) is 62.4 Å². The standard InChI is InChI=1S/C46H57N5O9S2/c1-5-30-25-46(30,43(54)50-62(56,57)33-18-19-33)49-41(52)36-22-31-26-51(36)42(53)40(28-13-8-6-9-14-28)48-44(55)59-27-45(2,3)20-12-15-29-21-34-35(23-37(29)58-4)47-39(24-38(34)60-31)61-32-16-10-7-11-17-32/h5,7,10-11,16-17,21,23-24,28,30-31,33,36,40H,1,6,8-9,12-15,18-20,22,25-27H2,2-4H3,(H,48,55)(H,49,52)(H,50,54)/t30-,31+,36-,40-,46+/m0/s1. The molecule has 2 aliphatic heterocycles. The lowest BCUT2D eigenvalue weighted by molar-refractivity contribution is -0.142. The minimum absolute atomic E-state index is 0.00195. The lowest BCUT2D eigenvalue weighted by Gasteiger charge is -2.35. The molecule has 3 heterocycles. The minimum Gasteiger partial charge on any atom is -0.496 e. The van der Waals surface area contributed by atoms with Gasteiger partial charge < -0.3 is 29.7 Å². The summed E-state index contributed by atoms with van der Waals surface area (Å²) in [5.74, 6) is -1.40. The zero-order valence-electron chi connectivity index (χ0n) is 35.7. The van der Waals surface area contributed by atoms with Gasteiger partial charge in [-0.2, -0.15) is 0 Å². The zero-order valence-corrected chi connectivity index (χ0v) is 37.3. The van der Waals surface area contributed by atoms with Gasteiger partial charge in [-0.3, -0.25) is 19.1 Å². The van der Waals surface area contributed by atoms with E-state index in [4.69, 9.17) is 19.2 Å². The molecule has 5 aliphatic rings. The van der Waals surface area contributed by atoms with E-state index in [1.165, 1.54) is 22.7 Å². The predicted molar refractivity (Wildman–Crippen MR) is 234 cm³/mol. The summed E-state index contributed by atoms with van der Waals surface area (Å²) >= 11 is 1.48. The number of sulfonamides is 1. The number of nitrogens with zero attached hydrogens (tertiary/aromatic N) is 2. The van der Waals surface area contributed by atoms with Crippen LogP contribution in [0.1, 0.15) is 90.0 Å². The number of ether oxygens (including phenoxy) is 3. The van der Waals surface area contributed by atoms with Crippen LogP contribution in [0.5, 0.6) is 11.5 Å². The van der Waals surface area contributed by atoms with Crippen molar-refractivity contribution in [3.8, 4) is 11.5 Å². The van der Waals surface area contributed by atoms with Crippen molar-refractivity contribution in [2.24, 2.45) is 17.3 Å². The number of carbonyl (C=O) groups excluding carboxylic acids is 4. The molecular formula is C46H57N5O9S2. The molecule has 16 heteroatoms. The largest absolute Gasteiger partial charge is 0.496 e. The number of alkyl carbamates (subject to hydrolysis) is 1. The second-order valence-corrected chi connectivity index (χ2v) is 21.4. The summed E-state index contributed by atoms with van der Waals surface area (Å²) in [4.78, 5) is 64.6. The molecule has 3 aromatic rings. The molecule has 0 radical (unpaired) electrons. The Hall–Kier alpha value is -4.83. The molecule has 4 bridgehead atoms. The monoisotopic (exact) mass is 887 g/mol. The molecule has 1 saturated heterocycles. The molecule has 4 fully saturated rings. The number of hydrogen-bond acceptors (Lipinski definition) is 11. The normalized spacial score (nSPS) is 26.9. The highest BCUT2D eigenvalue weighted by molar-refractivity contribution is 7.99. The van der Waals surface area contributed by atoms with Gasteiger partial charge in [0.05, 0.1) is 31.0 Å². The van der Waals surface area contributed by atoms with Crippen LogP contribution in [0, 0.1) is 17.3 Å². The summed E-state index contributed by atoms with van der Waals surface area (Å²) in [6, 6.07) is 13.6. The lowest BCUT2D eigenvalue weighted by Crippen LogP contribution is -2.59. The Morgan fingerprint density at radius 3 is 2.50 bits per heavy atom. The number of fused-ring (bicyclic) bond motifs is 3. The maximum atomic E-state index is 15.1. The Kier molecular flexibility index (Phi) is 12.5. The molecule has 1 aromatic heterocycles. The summed E-state index contributed by atoms with van der Waals surface area (Å²) < 4.78 is 46.6. The molecule has 3 saturated carbocycles. The third-order valence-corrected chi connectivity index (χ3v) is 15.8. The maximum Gasteiger partial charge on any atom is 0.407 e. The van der Waals surface area contributed by atoms with Crippen molar-refractivity contribution in [1.82, 2.24) is 25.2 Å². The minimum atomic E-state index is -3.92. The molecule has 332 valence electrons. The molecule has 5 atom stereocenters. The van der Waals surface area contributed by atoms with Crippen LogP contribution in [0.25, 0.3) is 10.9 Å². The highest BCUT2D eigenvalue weighted by Crippen LogP contribution is 2.46. The molecule has 3 aliphatic carbocycles. The summed E-state index contributed by atoms with van der Waals surface area (Å²) in [6.45, 7) is 8.05. The molecular weight excluding hydrogens is 831 g/mol. The number of aryl methyl sites for hydroxylation is 1. The SMILES string of the molecule is C=C[C@H]1C[C@]1(NC(=O)[C@@H]1C[C@@H]2CN1C(=O)[C@H](C1CCCCC1)NC(=O)OCC(C)(C)CCCc1cc3c(cc(Sc4ccccc4)nc3cc1OC)O2)C(=O)NS(=O)(=O)C1CC1. The van der Waals surface area contributed by atoms with E-state index in [0.717, 1.165) is 47.9 Å². The first-order valence-electron chi connectivity index (χ1n) is 21.8. The third-order valence-electron chi connectivity index (χ3n) is 13.1. The Bertz CT molecular complexity index is 2330. The van der Waals surface area contributed by atoms with Crippen molar-refractivity contribution in [1.29, 1.82) is 0 Å². The van der Waals surface area contributed by atoms with Gasteiger partial charge in [-0.15, -0.1) is 6.58 Å². The van der Waals surface area contributed by atoms with E-state index in [9.17, 15) is 22.8 Å². The van der Waals surface area contributed by atoms with Gasteiger partial charge in [0, 0.05) is 34.8 Å². The number of carbonyl (C=O) groups is 4. The molecule has 14 nitrogen and oxygen atoms in total. The quantitative estimate of drug-likeness (QED) is 0.190. The van der Waals surface area contributed by atoms with Gasteiger partial charge in [-0.05, 0) is 86.5 Å². The molecule has 62 heavy (non-hydrogen) atoms.